The van der Waals surface area contributed by atoms with Crippen LogP contribution in [-0.4, -0.2) is 33.7 Å². The quantitative estimate of drug-likeness (QED) is 0.401. The minimum atomic E-state index is 0.483. The fourth-order valence-electron chi connectivity index (χ4n) is 3.47. The molecular formula is C24H21N5O3. The minimum Gasteiger partial charge on any atom is -0.497 e. The van der Waals surface area contributed by atoms with Crippen LogP contribution in [0.15, 0.2) is 71.5 Å². The van der Waals surface area contributed by atoms with E-state index in [4.69, 9.17) is 18.9 Å². The molecule has 1 N–H and O–H groups in total. The van der Waals surface area contributed by atoms with Crippen molar-refractivity contribution < 1.29 is 13.9 Å². The molecule has 0 aliphatic rings. The molecule has 0 unspecified atom stereocenters. The highest BCUT2D eigenvalue weighted by molar-refractivity contribution is 5.90. The standard InChI is InChI=1S/C24H21N5O3/c1-15-13-29(14-25-15)19-10-11-21(27-24(19)31-3)26-18-8-5-9-20-22(18)28-23(32-20)16-6-4-7-17(12-16)30-2/h4-14H,1-3H3,(H,26,27). The van der Waals surface area contributed by atoms with E-state index in [1.165, 1.54) is 0 Å². The van der Waals surface area contributed by atoms with Gasteiger partial charge in [0.25, 0.3) is 0 Å². The number of hydrogen-bond acceptors (Lipinski definition) is 7. The van der Waals surface area contributed by atoms with Gasteiger partial charge in [-0.05, 0) is 49.4 Å². The largest absolute Gasteiger partial charge is 0.497 e. The Kier molecular flexibility index (Phi) is 4.95. The molecule has 0 radical (unpaired) electrons. The molecule has 0 bridgehead atoms. The van der Waals surface area contributed by atoms with E-state index in [2.05, 4.69) is 15.3 Å². The lowest BCUT2D eigenvalue weighted by Crippen LogP contribution is -2.01. The van der Waals surface area contributed by atoms with Crippen molar-refractivity contribution in [1.82, 2.24) is 19.5 Å². The van der Waals surface area contributed by atoms with Gasteiger partial charge < -0.3 is 23.8 Å². The van der Waals surface area contributed by atoms with Gasteiger partial charge in [-0.3, -0.25) is 0 Å². The molecule has 0 amide bonds. The number of fused-ring (bicyclic) bond motifs is 1. The Labute approximate surface area is 184 Å². The molecule has 5 aromatic rings. The smallest absolute Gasteiger partial charge is 0.240 e. The summed E-state index contributed by atoms with van der Waals surface area (Å²) in [6.07, 6.45) is 3.65. The second-order valence-corrected chi connectivity index (χ2v) is 7.18. The maximum Gasteiger partial charge on any atom is 0.240 e. The van der Waals surface area contributed by atoms with Gasteiger partial charge in [-0.2, -0.15) is 4.98 Å². The van der Waals surface area contributed by atoms with E-state index in [1.54, 1.807) is 20.5 Å². The zero-order chi connectivity index (χ0) is 22.1. The molecule has 3 aromatic heterocycles. The van der Waals surface area contributed by atoms with Gasteiger partial charge in [-0.15, -0.1) is 0 Å². The van der Waals surface area contributed by atoms with Crippen LogP contribution in [0.5, 0.6) is 11.6 Å². The normalized spacial score (nSPS) is 11.0. The molecule has 0 aliphatic heterocycles. The summed E-state index contributed by atoms with van der Waals surface area (Å²) < 4.78 is 18.7. The summed E-state index contributed by atoms with van der Waals surface area (Å²) in [7, 11) is 3.23. The molecule has 5 rings (SSSR count). The Morgan fingerprint density at radius 3 is 2.62 bits per heavy atom. The highest BCUT2D eigenvalue weighted by atomic mass is 16.5. The number of benzene rings is 2. The molecule has 32 heavy (non-hydrogen) atoms. The van der Waals surface area contributed by atoms with Crippen LogP contribution in [-0.2, 0) is 0 Å². The number of imidazole rings is 1. The van der Waals surface area contributed by atoms with Crippen molar-refractivity contribution in [2.45, 2.75) is 6.92 Å². The Bertz CT molecular complexity index is 1410. The van der Waals surface area contributed by atoms with Crippen LogP contribution in [0, 0.1) is 6.92 Å². The summed E-state index contributed by atoms with van der Waals surface area (Å²) in [6, 6.07) is 17.1. The molecule has 2 aromatic carbocycles. The van der Waals surface area contributed by atoms with Crippen molar-refractivity contribution >= 4 is 22.6 Å². The molecule has 0 saturated carbocycles. The first kappa shape index (κ1) is 19.6. The topological polar surface area (TPSA) is 87.2 Å². The average molecular weight is 427 g/mol. The molecule has 0 aliphatic carbocycles. The lowest BCUT2D eigenvalue weighted by atomic mass is 10.2. The van der Waals surface area contributed by atoms with Gasteiger partial charge in [0.05, 0.1) is 31.9 Å². The number of nitrogens with one attached hydrogen (secondary N) is 1. The van der Waals surface area contributed by atoms with Crippen molar-refractivity contribution in [2.24, 2.45) is 0 Å². The third kappa shape index (κ3) is 3.62. The summed E-state index contributed by atoms with van der Waals surface area (Å²) in [5.41, 5.74) is 4.72. The van der Waals surface area contributed by atoms with Gasteiger partial charge >= 0.3 is 0 Å². The molecule has 3 heterocycles. The van der Waals surface area contributed by atoms with Crippen molar-refractivity contribution in [3.05, 3.63) is 72.8 Å². The molecule has 8 heteroatoms. The van der Waals surface area contributed by atoms with E-state index in [-0.39, 0.29) is 0 Å². The number of para-hydroxylation sites is 1. The Balaban J connectivity index is 1.49. The summed E-state index contributed by atoms with van der Waals surface area (Å²) in [6.45, 7) is 1.94. The number of nitrogens with zero attached hydrogens (tertiary/aromatic N) is 4. The van der Waals surface area contributed by atoms with Crippen LogP contribution in [0.4, 0.5) is 11.5 Å². The highest BCUT2D eigenvalue weighted by Crippen LogP contribution is 2.32. The van der Waals surface area contributed by atoms with Crippen molar-refractivity contribution in [3.8, 4) is 28.8 Å². The fourth-order valence-corrected chi connectivity index (χ4v) is 3.47. The fraction of sp³-hybridized carbons (Fsp3) is 0.125. The summed E-state index contributed by atoms with van der Waals surface area (Å²) in [5.74, 6) is 2.37. The van der Waals surface area contributed by atoms with Crippen LogP contribution in [0.1, 0.15) is 5.69 Å². The number of methoxy groups -OCH3 is 2. The number of anilines is 2. The summed E-state index contributed by atoms with van der Waals surface area (Å²) in [4.78, 5) is 13.6. The minimum absolute atomic E-state index is 0.483. The highest BCUT2D eigenvalue weighted by Gasteiger charge is 2.14. The number of aryl methyl sites for hydroxylation is 1. The summed E-state index contributed by atoms with van der Waals surface area (Å²) in [5, 5.41) is 3.33. The Morgan fingerprint density at radius 2 is 1.84 bits per heavy atom. The monoisotopic (exact) mass is 427 g/mol. The van der Waals surface area contributed by atoms with Gasteiger partial charge in [-0.1, -0.05) is 12.1 Å². The molecule has 160 valence electrons. The van der Waals surface area contributed by atoms with Gasteiger partial charge in [0.1, 0.15) is 22.8 Å². The molecule has 0 fully saturated rings. The molecule has 8 nitrogen and oxygen atoms in total. The maximum absolute atomic E-state index is 5.99. The third-order valence-electron chi connectivity index (χ3n) is 5.02. The van der Waals surface area contributed by atoms with E-state index >= 15 is 0 Å². The van der Waals surface area contributed by atoms with Crippen molar-refractivity contribution in [3.63, 3.8) is 0 Å². The summed E-state index contributed by atoms with van der Waals surface area (Å²) >= 11 is 0. The molecule has 0 saturated heterocycles. The van der Waals surface area contributed by atoms with E-state index in [0.29, 0.717) is 28.7 Å². The zero-order valence-electron chi connectivity index (χ0n) is 17.9. The molecular weight excluding hydrogens is 406 g/mol. The Morgan fingerprint density at radius 1 is 0.969 bits per heavy atom. The number of oxazole rings is 1. The third-order valence-corrected chi connectivity index (χ3v) is 5.02. The van der Waals surface area contributed by atoms with Gasteiger partial charge in [0.15, 0.2) is 5.58 Å². The van der Waals surface area contributed by atoms with E-state index in [1.807, 2.05) is 72.3 Å². The second kappa shape index (κ2) is 8.07. The molecule has 0 spiro atoms. The van der Waals surface area contributed by atoms with Gasteiger partial charge in [-0.25, -0.2) is 9.97 Å². The van der Waals surface area contributed by atoms with Crippen molar-refractivity contribution in [2.75, 3.05) is 19.5 Å². The molecule has 0 atom stereocenters. The van der Waals surface area contributed by atoms with Crippen LogP contribution in [0.2, 0.25) is 0 Å². The second-order valence-electron chi connectivity index (χ2n) is 7.18. The average Bonchev–Trinajstić information content (AvgIpc) is 3.46. The van der Waals surface area contributed by atoms with E-state index in [0.717, 1.165) is 28.4 Å². The predicted octanol–water partition coefficient (Wildman–Crippen LogP) is 5.14. The van der Waals surface area contributed by atoms with E-state index in [9.17, 15) is 0 Å². The SMILES string of the molecule is COc1cccc(-c2nc3c(Nc4ccc(-n5cnc(C)c5)c(OC)n4)cccc3o2)c1. The number of rotatable bonds is 6. The zero-order valence-corrected chi connectivity index (χ0v) is 17.9. The first-order chi connectivity index (χ1) is 15.6. The van der Waals surface area contributed by atoms with Crippen molar-refractivity contribution in [1.29, 1.82) is 0 Å². The number of hydrogen-bond donors (Lipinski definition) is 1. The van der Waals surface area contributed by atoms with Crippen LogP contribution < -0.4 is 14.8 Å². The van der Waals surface area contributed by atoms with Crippen LogP contribution >= 0.6 is 0 Å². The number of ether oxygens (including phenoxy) is 2. The lowest BCUT2D eigenvalue weighted by molar-refractivity contribution is 0.396. The van der Waals surface area contributed by atoms with Crippen LogP contribution in [0.3, 0.4) is 0 Å². The maximum atomic E-state index is 5.99. The van der Waals surface area contributed by atoms with Gasteiger partial charge in [0, 0.05) is 11.8 Å². The van der Waals surface area contributed by atoms with Gasteiger partial charge in [0.2, 0.25) is 11.8 Å². The number of aromatic nitrogens is 4. The van der Waals surface area contributed by atoms with E-state index < -0.39 is 0 Å². The van der Waals surface area contributed by atoms with Crippen LogP contribution in [0.25, 0.3) is 28.2 Å². The lowest BCUT2D eigenvalue weighted by Gasteiger charge is -2.11. The first-order valence-corrected chi connectivity index (χ1v) is 10.0. The first-order valence-electron chi connectivity index (χ1n) is 10.0. The Hall–Kier alpha value is -4.33. The number of pyridine rings is 1. The predicted molar refractivity (Wildman–Crippen MR) is 122 cm³/mol.